The fourth-order valence-electron chi connectivity index (χ4n) is 2.81. The summed E-state index contributed by atoms with van der Waals surface area (Å²) in [5, 5.41) is 11.4. The summed E-state index contributed by atoms with van der Waals surface area (Å²) >= 11 is 7.96. The predicted molar refractivity (Wildman–Crippen MR) is 98.5 cm³/mol. The van der Waals surface area contributed by atoms with Crippen molar-refractivity contribution in [2.75, 3.05) is 0 Å². The van der Waals surface area contributed by atoms with Gasteiger partial charge in [0.05, 0.1) is 5.52 Å². The molecule has 1 aliphatic rings. The number of rotatable bonds is 6. The molecule has 0 amide bonds. The quantitative estimate of drug-likeness (QED) is 0.468. The highest BCUT2D eigenvalue weighted by molar-refractivity contribution is 7.98. The van der Waals surface area contributed by atoms with E-state index in [1.165, 1.54) is 12.8 Å². The van der Waals surface area contributed by atoms with Crippen molar-refractivity contribution in [2.45, 2.75) is 36.2 Å². The van der Waals surface area contributed by atoms with Gasteiger partial charge in [0.2, 0.25) is 0 Å². The summed E-state index contributed by atoms with van der Waals surface area (Å²) in [6.07, 6.45) is 6.13. The molecule has 1 fully saturated rings. The Balaban J connectivity index is 1.62. The largest absolute Gasteiger partial charge is 0.302 e. The van der Waals surface area contributed by atoms with Crippen LogP contribution < -0.4 is 0 Å². The Labute approximate surface area is 150 Å². The van der Waals surface area contributed by atoms with Crippen LogP contribution in [0.15, 0.2) is 48.3 Å². The van der Waals surface area contributed by atoms with Crippen LogP contribution in [0, 0.1) is 0 Å². The Bertz CT molecular complexity index is 901. The highest BCUT2D eigenvalue weighted by atomic mass is 35.5. The van der Waals surface area contributed by atoms with E-state index < -0.39 is 0 Å². The number of hydrogen-bond donors (Lipinski definition) is 0. The molecule has 24 heavy (non-hydrogen) atoms. The minimum Gasteiger partial charge on any atom is -0.302 e. The molecule has 122 valence electrons. The highest BCUT2D eigenvalue weighted by Crippen LogP contribution is 2.40. The minimum absolute atomic E-state index is 0.574. The minimum atomic E-state index is 0.574. The van der Waals surface area contributed by atoms with Crippen LogP contribution in [0.2, 0.25) is 5.02 Å². The second kappa shape index (κ2) is 6.57. The molecule has 2 heterocycles. The Hall–Kier alpha value is -1.85. The fourth-order valence-corrected chi connectivity index (χ4v) is 3.96. The molecule has 1 saturated carbocycles. The average Bonchev–Trinajstić information content (AvgIpc) is 3.37. The van der Waals surface area contributed by atoms with Gasteiger partial charge in [-0.2, -0.15) is 0 Å². The van der Waals surface area contributed by atoms with Gasteiger partial charge in [-0.1, -0.05) is 35.5 Å². The van der Waals surface area contributed by atoms with Crippen LogP contribution in [-0.4, -0.2) is 19.7 Å². The van der Waals surface area contributed by atoms with Crippen LogP contribution in [0.5, 0.6) is 0 Å². The number of aromatic nitrogens is 4. The van der Waals surface area contributed by atoms with E-state index in [0.717, 1.165) is 44.8 Å². The number of fused-ring (bicyclic) bond motifs is 1. The number of pyridine rings is 1. The SMILES string of the molecule is C=CCn1c(SCc2ccc(Cl)c3cccnc23)nnc1C1CC1. The first-order valence-electron chi connectivity index (χ1n) is 7.97. The van der Waals surface area contributed by atoms with Crippen LogP contribution in [-0.2, 0) is 12.3 Å². The highest BCUT2D eigenvalue weighted by Gasteiger charge is 2.30. The topological polar surface area (TPSA) is 43.6 Å². The Morgan fingerprint density at radius 2 is 2.17 bits per heavy atom. The van der Waals surface area contributed by atoms with Crippen molar-refractivity contribution in [2.24, 2.45) is 0 Å². The number of thioether (sulfide) groups is 1. The summed E-state index contributed by atoms with van der Waals surface area (Å²) in [5.41, 5.74) is 2.11. The third-order valence-electron chi connectivity index (χ3n) is 4.16. The van der Waals surface area contributed by atoms with E-state index in [1.54, 1.807) is 18.0 Å². The molecule has 0 saturated heterocycles. The van der Waals surface area contributed by atoms with Crippen molar-refractivity contribution >= 4 is 34.3 Å². The summed E-state index contributed by atoms with van der Waals surface area (Å²) in [6.45, 7) is 4.61. The number of hydrogen-bond acceptors (Lipinski definition) is 4. The summed E-state index contributed by atoms with van der Waals surface area (Å²) in [6, 6.07) is 7.89. The number of benzene rings is 1. The maximum absolute atomic E-state index is 6.27. The van der Waals surface area contributed by atoms with Crippen molar-refractivity contribution < 1.29 is 0 Å². The van der Waals surface area contributed by atoms with Gasteiger partial charge in [0.15, 0.2) is 5.16 Å². The monoisotopic (exact) mass is 356 g/mol. The maximum atomic E-state index is 6.27. The van der Waals surface area contributed by atoms with Crippen LogP contribution in [0.25, 0.3) is 10.9 Å². The van der Waals surface area contributed by atoms with Crippen molar-refractivity contribution in [3.8, 4) is 0 Å². The molecular weight excluding hydrogens is 340 g/mol. The normalized spacial score (nSPS) is 14.2. The van der Waals surface area contributed by atoms with Gasteiger partial charge in [0.25, 0.3) is 0 Å². The molecule has 0 aliphatic heterocycles. The molecule has 3 aromatic rings. The second-order valence-corrected chi connectivity index (χ2v) is 7.26. The van der Waals surface area contributed by atoms with Gasteiger partial charge < -0.3 is 4.57 Å². The summed E-state index contributed by atoms with van der Waals surface area (Å²) in [4.78, 5) is 4.50. The average molecular weight is 357 g/mol. The number of nitrogens with zero attached hydrogens (tertiary/aromatic N) is 4. The fraction of sp³-hybridized carbons (Fsp3) is 0.278. The Morgan fingerprint density at radius 1 is 1.29 bits per heavy atom. The first-order chi connectivity index (χ1) is 11.8. The van der Waals surface area contributed by atoms with E-state index in [2.05, 4.69) is 26.3 Å². The third kappa shape index (κ3) is 2.94. The first kappa shape index (κ1) is 15.7. The third-order valence-corrected chi connectivity index (χ3v) is 5.50. The molecule has 0 atom stereocenters. The Morgan fingerprint density at radius 3 is 2.96 bits per heavy atom. The van der Waals surface area contributed by atoms with Gasteiger partial charge in [-0.05, 0) is 36.6 Å². The van der Waals surface area contributed by atoms with Crippen molar-refractivity contribution in [3.05, 3.63) is 59.5 Å². The standard InChI is InChI=1S/C18H17ClN4S/c1-2-10-23-17(12-5-6-12)21-22-18(23)24-11-13-7-8-15(19)14-4-3-9-20-16(13)14/h2-4,7-9,12H,1,5-6,10-11H2. The van der Waals surface area contributed by atoms with E-state index >= 15 is 0 Å². The van der Waals surface area contributed by atoms with E-state index in [4.69, 9.17) is 11.6 Å². The number of halogens is 1. The lowest BCUT2D eigenvalue weighted by molar-refractivity contribution is 0.681. The molecule has 4 rings (SSSR count). The zero-order chi connectivity index (χ0) is 16.5. The van der Waals surface area contributed by atoms with E-state index in [1.807, 2.05) is 30.3 Å². The van der Waals surface area contributed by atoms with Crippen molar-refractivity contribution in [3.63, 3.8) is 0 Å². The lowest BCUT2D eigenvalue weighted by Gasteiger charge is -2.09. The second-order valence-electron chi connectivity index (χ2n) is 5.91. The van der Waals surface area contributed by atoms with Gasteiger partial charge in [0.1, 0.15) is 5.82 Å². The molecule has 6 heteroatoms. The van der Waals surface area contributed by atoms with Gasteiger partial charge in [-0.15, -0.1) is 16.8 Å². The van der Waals surface area contributed by atoms with Crippen LogP contribution in [0.3, 0.4) is 0 Å². The first-order valence-corrected chi connectivity index (χ1v) is 9.33. The van der Waals surface area contributed by atoms with E-state index in [-0.39, 0.29) is 0 Å². The zero-order valence-electron chi connectivity index (χ0n) is 13.2. The molecular formula is C18H17ClN4S. The number of allylic oxidation sites excluding steroid dienone is 1. The molecule has 0 unspecified atom stereocenters. The van der Waals surface area contributed by atoms with Gasteiger partial charge >= 0.3 is 0 Å². The van der Waals surface area contributed by atoms with Gasteiger partial charge in [-0.25, -0.2) is 0 Å². The zero-order valence-corrected chi connectivity index (χ0v) is 14.7. The lowest BCUT2D eigenvalue weighted by Crippen LogP contribution is -2.02. The molecule has 2 aromatic heterocycles. The van der Waals surface area contributed by atoms with Gasteiger partial charge in [0, 0.05) is 34.8 Å². The smallest absolute Gasteiger partial charge is 0.191 e. The lowest BCUT2D eigenvalue weighted by atomic mass is 10.1. The molecule has 0 bridgehead atoms. The van der Waals surface area contributed by atoms with Crippen LogP contribution in [0.4, 0.5) is 0 Å². The molecule has 0 N–H and O–H groups in total. The predicted octanol–water partition coefficient (Wildman–Crippen LogP) is 4.84. The van der Waals surface area contributed by atoms with E-state index in [0.29, 0.717) is 5.92 Å². The molecule has 4 nitrogen and oxygen atoms in total. The van der Waals surface area contributed by atoms with Crippen LogP contribution in [0.1, 0.15) is 30.1 Å². The van der Waals surface area contributed by atoms with Gasteiger partial charge in [-0.3, -0.25) is 4.98 Å². The summed E-state index contributed by atoms with van der Waals surface area (Å²) in [7, 11) is 0. The molecule has 0 radical (unpaired) electrons. The van der Waals surface area contributed by atoms with E-state index in [9.17, 15) is 0 Å². The summed E-state index contributed by atoms with van der Waals surface area (Å²) < 4.78 is 2.18. The Kier molecular flexibility index (Phi) is 4.29. The summed E-state index contributed by atoms with van der Waals surface area (Å²) in [5.74, 6) is 2.45. The molecule has 1 aromatic carbocycles. The molecule has 1 aliphatic carbocycles. The van der Waals surface area contributed by atoms with Crippen LogP contribution >= 0.6 is 23.4 Å². The maximum Gasteiger partial charge on any atom is 0.191 e. The van der Waals surface area contributed by atoms with Crippen molar-refractivity contribution in [1.82, 2.24) is 19.7 Å². The van der Waals surface area contributed by atoms with Crippen molar-refractivity contribution in [1.29, 1.82) is 0 Å². The molecule has 0 spiro atoms.